The van der Waals surface area contributed by atoms with E-state index < -0.39 is 0 Å². The molecular formula is C32H32N2O. The summed E-state index contributed by atoms with van der Waals surface area (Å²) in [4.78, 5) is 16.0. The van der Waals surface area contributed by atoms with Gasteiger partial charge in [-0.1, -0.05) is 121 Å². The van der Waals surface area contributed by atoms with Crippen LogP contribution in [0.25, 0.3) is 0 Å². The number of nitrogens with two attached hydrogens (primary N) is 1. The minimum Gasteiger partial charge on any atom is -0.402 e. The van der Waals surface area contributed by atoms with E-state index in [0.29, 0.717) is 31.6 Å². The molecule has 3 heteroatoms. The lowest BCUT2D eigenvalue weighted by atomic mass is 9.97. The van der Waals surface area contributed by atoms with Gasteiger partial charge in [-0.2, -0.15) is 0 Å². The summed E-state index contributed by atoms with van der Waals surface area (Å²) in [5.41, 5.74) is 11.5. The molecule has 0 aromatic heterocycles. The number of ketones is 1. The minimum atomic E-state index is -0.341. The molecule has 1 atom stereocenters. The van der Waals surface area contributed by atoms with Crippen molar-refractivity contribution >= 4 is 5.78 Å². The molecule has 0 saturated heterocycles. The zero-order valence-corrected chi connectivity index (χ0v) is 20.0. The van der Waals surface area contributed by atoms with E-state index in [4.69, 9.17) is 5.73 Å². The van der Waals surface area contributed by atoms with Crippen LogP contribution in [-0.4, -0.2) is 16.7 Å². The van der Waals surface area contributed by atoms with Gasteiger partial charge in [-0.25, -0.2) is 0 Å². The van der Waals surface area contributed by atoms with Crippen molar-refractivity contribution in [2.45, 2.75) is 32.0 Å². The Bertz CT molecular complexity index is 1160. The van der Waals surface area contributed by atoms with Crippen LogP contribution in [0.1, 0.15) is 22.3 Å². The number of rotatable bonds is 11. The molecule has 0 fully saturated rings. The number of allylic oxidation sites excluding steroid dienone is 1. The van der Waals surface area contributed by atoms with Crippen LogP contribution in [-0.2, 0) is 30.7 Å². The predicted octanol–water partition coefficient (Wildman–Crippen LogP) is 5.95. The van der Waals surface area contributed by atoms with E-state index in [1.165, 1.54) is 11.1 Å². The summed E-state index contributed by atoms with van der Waals surface area (Å²) in [7, 11) is 0. The molecule has 4 aromatic carbocycles. The highest BCUT2D eigenvalue weighted by Crippen LogP contribution is 2.19. The average molecular weight is 461 g/mol. The topological polar surface area (TPSA) is 46.3 Å². The Hall–Kier alpha value is -3.95. The molecule has 0 saturated carbocycles. The second-order valence-corrected chi connectivity index (χ2v) is 8.87. The van der Waals surface area contributed by atoms with Crippen molar-refractivity contribution in [3.05, 3.63) is 155 Å². The lowest BCUT2D eigenvalue weighted by Crippen LogP contribution is -2.41. The number of hydrogen-bond acceptors (Lipinski definition) is 3. The summed E-state index contributed by atoms with van der Waals surface area (Å²) in [6.07, 6.45) is 2.82. The highest BCUT2D eigenvalue weighted by Gasteiger charge is 2.26. The molecule has 0 unspecified atom stereocenters. The van der Waals surface area contributed by atoms with E-state index in [1.807, 2.05) is 84.9 Å². The highest BCUT2D eigenvalue weighted by molar-refractivity contribution is 5.95. The SMILES string of the molecule is NC(=CC(=O)[C@H](Cc1ccccc1)N(Cc1ccccc1)Cc1ccccc1)Cc1ccccc1. The van der Waals surface area contributed by atoms with E-state index in [2.05, 4.69) is 41.3 Å². The summed E-state index contributed by atoms with van der Waals surface area (Å²) in [5, 5.41) is 0. The van der Waals surface area contributed by atoms with Crippen LogP contribution >= 0.6 is 0 Å². The second-order valence-electron chi connectivity index (χ2n) is 8.87. The van der Waals surface area contributed by atoms with Gasteiger partial charge in [0, 0.05) is 31.3 Å². The molecule has 0 bridgehead atoms. The first kappa shape index (κ1) is 24.2. The van der Waals surface area contributed by atoms with Crippen LogP contribution in [0.4, 0.5) is 0 Å². The fourth-order valence-electron chi connectivity index (χ4n) is 4.32. The quantitative estimate of drug-likeness (QED) is 0.281. The number of hydrogen-bond donors (Lipinski definition) is 1. The molecule has 0 aliphatic heterocycles. The van der Waals surface area contributed by atoms with Crippen LogP contribution in [0, 0.1) is 0 Å². The molecule has 0 radical (unpaired) electrons. The molecule has 0 heterocycles. The molecule has 35 heavy (non-hydrogen) atoms. The third kappa shape index (κ3) is 7.53. The van der Waals surface area contributed by atoms with Gasteiger partial charge in [0.05, 0.1) is 6.04 Å². The smallest absolute Gasteiger partial charge is 0.174 e. The molecule has 0 aliphatic rings. The van der Waals surface area contributed by atoms with Crippen molar-refractivity contribution < 1.29 is 4.79 Å². The van der Waals surface area contributed by atoms with Crippen molar-refractivity contribution in [1.82, 2.24) is 4.90 Å². The van der Waals surface area contributed by atoms with Crippen LogP contribution in [0.5, 0.6) is 0 Å². The van der Waals surface area contributed by atoms with Crippen molar-refractivity contribution in [2.75, 3.05) is 0 Å². The van der Waals surface area contributed by atoms with Gasteiger partial charge < -0.3 is 5.73 Å². The van der Waals surface area contributed by atoms with E-state index in [9.17, 15) is 4.79 Å². The largest absolute Gasteiger partial charge is 0.402 e. The monoisotopic (exact) mass is 460 g/mol. The summed E-state index contributed by atoms with van der Waals surface area (Å²) < 4.78 is 0. The Morgan fingerprint density at radius 3 is 1.49 bits per heavy atom. The molecule has 0 spiro atoms. The number of carbonyl (C=O) groups is 1. The van der Waals surface area contributed by atoms with Crippen LogP contribution in [0.2, 0.25) is 0 Å². The first-order chi connectivity index (χ1) is 17.2. The third-order valence-corrected chi connectivity index (χ3v) is 6.08. The Kier molecular flexibility index (Phi) is 8.63. The van der Waals surface area contributed by atoms with Gasteiger partial charge in [0.25, 0.3) is 0 Å². The zero-order chi connectivity index (χ0) is 24.3. The maximum atomic E-state index is 13.8. The Labute approximate surface area is 208 Å². The molecule has 4 rings (SSSR count). The number of benzene rings is 4. The lowest BCUT2D eigenvalue weighted by Gasteiger charge is -2.31. The van der Waals surface area contributed by atoms with Gasteiger partial charge in [-0.3, -0.25) is 9.69 Å². The summed E-state index contributed by atoms with van der Waals surface area (Å²) in [5.74, 6) is 0.0362. The summed E-state index contributed by atoms with van der Waals surface area (Å²) in [6.45, 7) is 1.34. The first-order valence-corrected chi connectivity index (χ1v) is 12.1. The van der Waals surface area contributed by atoms with E-state index in [1.54, 1.807) is 6.08 Å². The molecular weight excluding hydrogens is 428 g/mol. The standard InChI is InChI=1S/C32H32N2O/c33-30(21-26-13-5-1-6-14-26)23-32(35)31(22-27-15-7-2-8-16-27)34(24-28-17-9-3-10-18-28)25-29-19-11-4-12-20-29/h1-20,23,31H,21-22,24-25,33H2/t31-/m0/s1. The zero-order valence-electron chi connectivity index (χ0n) is 20.0. The van der Waals surface area contributed by atoms with Crippen LogP contribution < -0.4 is 5.73 Å². The van der Waals surface area contributed by atoms with E-state index >= 15 is 0 Å². The molecule has 0 amide bonds. The summed E-state index contributed by atoms with van der Waals surface area (Å²) in [6, 6.07) is 40.6. The summed E-state index contributed by atoms with van der Waals surface area (Å²) >= 11 is 0. The second kappa shape index (κ2) is 12.5. The first-order valence-electron chi connectivity index (χ1n) is 12.1. The van der Waals surface area contributed by atoms with Gasteiger partial charge in [0.2, 0.25) is 0 Å². The van der Waals surface area contributed by atoms with Crippen LogP contribution in [0.15, 0.2) is 133 Å². The number of nitrogens with zero attached hydrogens (tertiary/aromatic N) is 1. The van der Waals surface area contributed by atoms with Gasteiger partial charge >= 0.3 is 0 Å². The molecule has 0 aliphatic carbocycles. The molecule has 2 N–H and O–H groups in total. The lowest BCUT2D eigenvalue weighted by molar-refractivity contribution is -0.120. The van der Waals surface area contributed by atoms with Gasteiger partial charge in [0.1, 0.15) is 0 Å². The highest BCUT2D eigenvalue weighted by atomic mass is 16.1. The third-order valence-electron chi connectivity index (χ3n) is 6.08. The Morgan fingerprint density at radius 2 is 1.03 bits per heavy atom. The molecule has 4 aromatic rings. The normalized spacial score (nSPS) is 12.4. The van der Waals surface area contributed by atoms with Crippen LogP contribution in [0.3, 0.4) is 0 Å². The Balaban J connectivity index is 1.65. The van der Waals surface area contributed by atoms with Gasteiger partial charge in [0.15, 0.2) is 5.78 Å². The van der Waals surface area contributed by atoms with Crippen molar-refractivity contribution in [3.63, 3.8) is 0 Å². The predicted molar refractivity (Wildman–Crippen MR) is 143 cm³/mol. The minimum absolute atomic E-state index is 0.0362. The van der Waals surface area contributed by atoms with E-state index in [-0.39, 0.29) is 11.8 Å². The maximum absolute atomic E-state index is 13.8. The maximum Gasteiger partial charge on any atom is 0.174 e. The fourth-order valence-corrected chi connectivity index (χ4v) is 4.32. The molecule has 176 valence electrons. The fraction of sp³-hybridized carbons (Fsp3) is 0.156. The van der Waals surface area contributed by atoms with Gasteiger partial charge in [-0.05, 0) is 28.7 Å². The molecule has 3 nitrogen and oxygen atoms in total. The average Bonchev–Trinajstić information content (AvgIpc) is 2.89. The van der Waals surface area contributed by atoms with Crippen molar-refractivity contribution in [1.29, 1.82) is 0 Å². The van der Waals surface area contributed by atoms with Crippen molar-refractivity contribution in [2.24, 2.45) is 5.73 Å². The van der Waals surface area contributed by atoms with Gasteiger partial charge in [-0.15, -0.1) is 0 Å². The Morgan fingerprint density at radius 1 is 0.629 bits per heavy atom. The van der Waals surface area contributed by atoms with E-state index in [0.717, 1.165) is 11.1 Å². The van der Waals surface area contributed by atoms with Crippen molar-refractivity contribution in [3.8, 4) is 0 Å². The number of carbonyl (C=O) groups excluding carboxylic acids is 1.